The first-order chi connectivity index (χ1) is 12.9. The molecular formula is C19H29N3O5. The molecule has 150 valence electrons. The summed E-state index contributed by atoms with van der Waals surface area (Å²) in [4.78, 5) is 48.8. The van der Waals surface area contributed by atoms with Crippen molar-refractivity contribution in [3.8, 4) is 0 Å². The van der Waals surface area contributed by atoms with E-state index in [9.17, 15) is 19.2 Å². The Morgan fingerprint density at radius 1 is 1.19 bits per heavy atom. The predicted octanol–water partition coefficient (Wildman–Crippen LogP) is 1.63. The van der Waals surface area contributed by atoms with Gasteiger partial charge in [-0.2, -0.15) is 0 Å². The molecule has 1 aliphatic rings. The van der Waals surface area contributed by atoms with Gasteiger partial charge in [0.2, 0.25) is 5.78 Å². The maximum Gasteiger partial charge on any atom is 0.332 e. The number of hydrogen-bond acceptors (Lipinski definition) is 6. The molecule has 8 nitrogen and oxygen atoms in total. The van der Waals surface area contributed by atoms with Gasteiger partial charge in [-0.25, -0.2) is 4.79 Å². The van der Waals surface area contributed by atoms with Crippen LogP contribution in [0.5, 0.6) is 0 Å². The number of hydrogen-bond donors (Lipinski definition) is 1. The smallest absolute Gasteiger partial charge is 0.332 e. The SMILES string of the molecule is CCCn1c(N)c(C(=O)COC(=O)CCC2CCCCC2)c(=O)n(C)c1=O. The molecule has 2 rings (SSSR count). The van der Waals surface area contributed by atoms with Crippen LogP contribution in [0.2, 0.25) is 0 Å². The van der Waals surface area contributed by atoms with Gasteiger partial charge in [0.1, 0.15) is 11.4 Å². The number of ketones is 1. The number of carbonyl (C=O) groups is 2. The van der Waals surface area contributed by atoms with E-state index in [4.69, 9.17) is 10.5 Å². The third kappa shape index (κ3) is 5.08. The molecule has 8 heteroatoms. The van der Waals surface area contributed by atoms with Gasteiger partial charge in [0.25, 0.3) is 5.56 Å². The molecule has 0 radical (unpaired) electrons. The van der Waals surface area contributed by atoms with Crippen LogP contribution in [0.3, 0.4) is 0 Å². The molecule has 0 saturated heterocycles. The van der Waals surface area contributed by atoms with Crippen molar-refractivity contribution < 1.29 is 14.3 Å². The molecule has 1 aromatic heterocycles. The van der Waals surface area contributed by atoms with Gasteiger partial charge in [-0.05, 0) is 18.8 Å². The summed E-state index contributed by atoms with van der Waals surface area (Å²) >= 11 is 0. The van der Waals surface area contributed by atoms with E-state index in [-0.39, 0.29) is 17.8 Å². The monoisotopic (exact) mass is 379 g/mol. The molecule has 1 aromatic rings. The highest BCUT2D eigenvalue weighted by molar-refractivity contribution is 6.01. The van der Waals surface area contributed by atoms with Crippen LogP contribution in [-0.4, -0.2) is 27.5 Å². The average Bonchev–Trinajstić information content (AvgIpc) is 2.67. The first-order valence-electron chi connectivity index (χ1n) is 9.64. The Kier molecular flexibility index (Phi) is 7.38. The van der Waals surface area contributed by atoms with Gasteiger partial charge in [0, 0.05) is 20.0 Å². The van der Waals surface area contributed by atoms with E-state index in [1.54, 1.807) is 0 Å². The van der Waals surface area contributed by atoms with E-state index in [1.807, 2.05) is 6.92 Å². The summed E-state index contributed by atoms with van der Waals surface area (Å²) in [7, 11) is 1.29. The average molecular weight is 379 g/mol. The Morgan fingerprint density at radius 2 is 1.85 bits per heavy atom. The van der Waals surface area contributed by atoms with Gasteiger partial charge < -0.3 is 10.5 Å². The number of nitrogens with two attached hydrogens (primary N) is 1. The maximum atomic E-state index is 12.4. The molecule has 27 heavy (non-hydrogen) atoms. The molecule has 0 spiro atoms. The van der Waals surface area contributed by atoms with Crippen molar-refractivity contribution in [1.82, 2.24) is 9.13 Å². The topological polar surface area (TPSA) is 113 Å². The summed E-state index contributed by atoms with van der Waals surface area (Å²) in [6, 6.07) is 0. The summed E-state index contributed by atoms with van der Waals surface area (Å²) < 4.78 is 7.09. The van der Waals surface area contributed by atoms with Crippen LogP contribution in [-0.2, 0) is 23.1 Å². The summed E-state index contributed by atoms with van der Waals surface area (Å²) in [5.74, 6) is -0.772. The molecule has 1 aliphatic carbocycles. The number of anilines is 1. The summed E-state index contributed by atoms with van der Waals surface area (Å²) in [6.45, 7) is 1.60. The second-order valence-corrected chi connectivity index (χ2v) is 7.19. The number of ether oxygens (including phenoxy) is 1. The van der Waals surface area contributed by atoms with Crippen molar-refractivity contribution >= 4 is 17.6 Å². The van der Waals surface area contributed by atoms with Crippen LogP contribution in [0.4, 0.5) is 5.82 Å². The number of carbonyl (C=O) groups excluding carboxylic acids is 2. The van der Waals surface area contributed by atoms with Crippen LogP contribution in [0.1, 0.15) is 68.6 Å². The Balaban J connectivity index is 2.02. The fourth-order valence-corrected chi connectivity index (χ4v) is 3.57. The molecule has 0 amide bonds. The van der Waals surface area contributed by atoms with Crippen LogP contribution in [0.25, 0.3) is 0 Å². The number of rotatable bonds is 8. The lowest BCUT2D eigenvalue weighted by Gasteiger charge is -2.20. The molecule has 0 aromatic carbocycles. The molecule has 0 bridgehead atoms. The second-order valence-electron chi connectivity index (χ2n) is 7.19. The predicted molar refractivity (Wildman–Crippen MR) is 102 cm³/mol. The van der Waals surface area contributed by atoms with E-state index < -0.39 is 29.6 Å². The normalized spacial score (nSPS) is 14.9. The van der Waals surface area contributed by atoms with Crippen LogP contribution >= 0.6 is 0 Å². The van der Waals surface area contributed by atoms with Crippen LogP contribution < -0.4 is 17.0 Å². The lowest BCUT2D eigenvalue weighted by atomic mass is 9.86. The van der Waals surface area contributed by atoms with Gasteiger partial charge in [-0.3, -0.25) is 23.5 Å². The van der Waals surface area contributed by atoms with E-state index >= 15 is 0 Å². The molecule has 1 heterocycles. The summed E-state index contributed by atoms with van der Waals surface area (Å²) in [5, 5.41) is 0. The molecule has 0 atom stereocenters. The van der Waals surface area contributed by atoms with Crippen molar-refractivity contribution in [2.75, 3.05) is 12.3 Å². The first kappa shape index (κ1) is 20.9. The highest BCUT2D eigenvalue weighted by Crippen LogP contribution is 2.27. The first-order valence-corrected chi connectivity index (χ1v) is 9.64. The number of nitrogens with zero attached hydrogens (tertiary/aromatic N) is 2. The quantitative estimate of drug-likeness (QED) is 0.542. The fourth-order valence-electron chi connectivity index (χ4n) is 3.57. The van der Waals surface area contributed by atoms with Crippen LogP contribution in [0, 0.1) is 5.92 Å². The molecular weight excluding hydrogens is 350 g/mol. The second kappa shape index (κ2) is 9.53. The third-order valence-electron chi connectivity index (χ3n) is 5.16. The van der Waals surface area contributed by atoms with E-state index in [2.05, 4.69) is 0 Å². The Bertz CT molecular complexity index is 803. The van der Waals surface area contributed by atoms with Crippen molar-refractivity contribution in [3.05, 3.63) is 26.4 Å². The molecule has 2 N–H and O–H groups in total. The van der Waals surface area contributed by atoms with Crippen molar-refractivity contribution in [3.63, 3.8) is 0 Å². The summed E-state index contributed by atoms with van der Waals surface area (Å²) in [6.07, 6.45) is 7.58. The highest BCUT2D eigenvalue weighted by atomic mass is 16.5. The standard InChI is InChI=1S/C19H29N3O5/c1-3-11-22-17(20)16(18(25)21(2)19(22)26)14(23)12-27-15(24)10-9-13-7-5-4-6-8-13/h13H,3-12,20H2,1-2H3. The van der Waals surface area contributed by atoms with Gasteiger partial charge in [0.15, 0.2) is 6.61 Å². The zero-order chi connectivity index (χ0) is 20.0. The highest BCUT2D eigenvalue weighted by Gasteiger charge is 2.22. The minimum Gasteiger partial charge on any atom is -0.457 e. The van der Waals surface area contributed by atoms with Crippen molar-refractivity contribution in [2.24, 2.45) is 13.0 Å². The molecule has 0 aliphatic heterocycles. The summed E-state index contributed by atoms with van der Waals surface area (Å²) in [5.41, 5.74) is 4.25. The van der Waals surface area contributed by atoms with Gasteiger partial charge >= 0.3 is 11.7 Å². The zero-order valence-corrected chi connectivity index (χ0v) is 16.2. The lowest BCUT2D eigenvalue weighted by Crippen LogP contribution is -2.43. The minimum atomic E-state index is -0.770. The molecule has 0 unspecified atom stereocenters. The number of esters is 1. The van der Waals surface area contributed by atoms with Gasteiger partial charge in [-0.15, -0.1) is 0 Å². The lowest BCUT2D eigenvalue weighted by molar-refractivity contribution is -0.142. The van der Waals surface area contributed by atoms with Crippen molar-refractivity contribution in [2.45, 2.75) is 64.8 Å². The van der Waals surface area contributed by atoms with Gasteiger partial charge in [0.05, 0.1) is 0 Å². The molecule has 1 saturated carbocycles. The Morgan fingerprint density at radius 3 is 2.48 bits per heavy atom. The van der Waals surface area contributed by atoms with Crippen molar-refractivity contribution in [1.29, 1.82) is 0 Å². The van der Waals surface area contributed by atoms with E-state index in [0.29, 0.717) is 18.9 Å². The zero-order valence-electron chi connectivity index (χ0n) is 16.2. The third-order valence-corrected chi connectivity index (χ3v) is 5.16. The number of aromatic nitrogens is 2. The number of Topliss-reactive ketones (excluding diaryl/α,β-unsaturated/α-hetero) is 1. The number of nitrogen functional groups attached to an aromatic ring is 1. The van der Waals surface area contributed by atoms with Crippen LogP contribution in [0.15, 0.2) is 9.59 Å². The van der Waals surface area contributed by atoms with Gasteiger partial charge in [-0.1, -0.05) is 39.0 Å². The molecule has 1 fully saturated rings. The Hall–Kier alpha value is -2.38. The largest absolute Gasteiger partial charge is 0.457 e. The fraction of sp³-hybridized carbons (Fsp3) is 0.684. The van der Waals surface area contributed by atoms with E-state index in [1.165, 1.54) is 30.9 Å². The maximum absolute atomic E-state index is 12.4. The van der Waals surface area contributed by atoms with E-state index in [0.717, 1.165) is 23.8 Å². The Labute approximate surface area is 158 Å². The minimum absolute atomic E-state index is 0.173.